The van der Waals surface area contributed by atoms with Gasteiger partial charge in [0, 0.05) is 23.1 Å². The Morgan fingerprint density at radius 2 is 1.87 bits per heavy atom. The molecule has 1 aromatic rings. The Bertz CT molecular complexity index is 1290. The smallest absolute Gasteiger partial charge is 0.255 e. The summed E-state index contributed by atoms with van der Waals surface area (Å²) in [5.74, 6) is -6.81. The standard InChI is InChI=1S/C27H34ClN3O7/c1-5-7-31(6-2)11-13-10-16(32)18-14(20(13)28)8-12-9-15-21(30(3)4)23(34)19(26(29)37)25(36)27(15,38)24(35)17(12)22(18)33/h10,12,15,21,32-33,36,38H,5-9,11H2,1-4H3,(H2,29,37)/t12-,15-,21-,27-/m0/s1. The number of benzene rings is 1. The molecule has 11 heteroatoms. The van der Waals surface area contributed by atoms with Crippen LogP contribution in [0.15, 0.2) is 23.0 Å². The summed E-state index contributed by atoms with van der Waals surface area (Å²) in [7, 11) is 3.12. The number of nitrogens with zero attached hydrogens (tertiary/aromatic N) is 2. The molecule has 0 radical (unpaired) electrons. The largest absolute Gasteiger partial charge is 0.508 e. The van der Waals surface area contributed by atoms with Crippen LogP contribution in [0.25, 0.3) is 5.76 Å². The van der Waals surface area contributed by atoms with E-state index in [-0.39, 0.29) is 29.7 Å². The minimum absolute atomic E-state index is 0.00594. The fraction of sp³-hybridized carbons (Fsp3) is 0.519. The van der Waals surface area contributed by atoms with Crippen molar-refractivity contribution in [2.24, 2.45) is 17.6 Å². The Hall–Kier alpha value is -2.92. The molecular formula is C27H34ClN3O7. The number of fused-ring (bicyclic) bond motifs is 3. The van der Waals surface area contributed by atoms with E-state index in [9.17, 15) is 34.8 Å². The van der Waals surface area contributed by atoms with Crippen molar-refractivity contribution < 1.29 is 34.8 Å². The molecule has 0 unspecified atom stereocenters. The second-order valence-electron chi connectivity index (χ2n) is 10.6. The average molecular weight is 548 g/mol. The topological polar surface area (TPSA) is 165 Å². The molecule has 1 aromatic carbocycles. The fourth-order valence-electron chi connectivity index (χ4n) is 6.37. The highest BCUT2D eigenvalue weighted by atomic mass is 35.5. The summed E-state index contributed by atoms with van der Waals surface area (Å²) in [6.07, 6.45) is 1.12. The zero-order valence-electron chi connectivity index (χ0n) is 21.9. The highest BCUT2D eigenvalue weighted by Crippen LogP contribution is 2.53. The van der Waals surface area contributed by atoms with Crippen LogP contribution in [0.5, 0.6) is 5.75 Å². The van der Waals surface area contributed by atoms with E-state index in [1.54, 1.807) is 14.1 Å². The van der Waals surface area contributed by atoms with E-state index in [2.05, 4.69) is 11.8 Å². The van der Waals surface area contributed by atoms with Crippen LogP contribution in [-0.2, 0) is 27.3 Å². The molecule has 6 N–H and O–H groups in total. The second kappa shape index (κ2) is 10.00. The van der Waals surface area contributed by atoms with Gasteiger partial charge in [-0.3, -0.25) is 24.2 Å². The summed E-state index contributed by atoms with van der Waals surface area (Å²) in [6.45, 7) is 6.19. The highest BCUT2D eigenvalue weighted by molar-refractivity contribution is 6.32. The van der Waals surface area contributed by atoms with Gasteiger partial charge in [0.05, 0.1) is 11.6 Å². The highest BCUT2D eigenvalue weighted by Gasteiger charge is 2.64. The second-order valence-corrected chi connectivity index (χ2v) is 10.9. The summed E-state index contributed by atoms with van der Waals surface area (Å²) in [5.41, 5.74) is 2.79. The minimum Gasteiger partial charge on any atom is -0.508 e. The molecule has 0 heterocycles. The van der Waals surface area contributed by atoms with E-state index >= 15 is 0 Å². The van der Waals surface area contributed by atoms with Crippen molar-refractivity contribution in [3.8, 4) is 5.75 Å². The lowest BCUT2D eigenvalue weighted by Gasteiger charge is -2.50. The maximum Gasteiger partial charge on any atom is 0.255 e. The minimum atomic E-state index is -2.66. The predicted octanol–water partition coefficient (Wildman–Crippen LogP) is 1.85. The van der Waals surface area contributed by atoms with Crippen molar-refractivity contribution >= 4 is 34.8 Å². The lowest BCUT2D eigenvalue weighted by atomic mass is 9.57. The average Bonchev–Trinajstić information content (AvgIpc) is 2.83. The number of hydrogen-bond acceptors (Lipinski definition) is 9. The van der Waals surface area contributed by atoms with E-state index in [0.29, 0.717) is 22.7 Å². The molecule has 1 fully saturated rings. The maximum atomic E-state index is 13.8. The Morgan fingerprint density at radius 1 is 1.21 bits per heavy atom. The van der Waals surface area contributed by atoms with Crippen molar-refractivity contribution in [1.82, 2.24) is 9.80 Å². The Balaban J connectivity index is 1.89. The number of phenols is 1. The van der Waals surface area contributed by atoms with Gasteiger partial charge in [-0.2, -0.15) is 0 Å². The van der Waals surface area contributed by atoms with Crippen molar-refractivity contribution in [2.75, 3.05) is 27.2 Å². The Morgan fingerprint density at radius 3 is 2.42 bits per heavy atom. The van der Waals surface area contributed by atoms with Gasteiger partial charge in [0.15, 0.2) is 11.4 Å². The number of phenolic OH excluding ortho intramolecular Hbond substituents is 1. The first-order valence-corrected chi connectivity index (χ1v) is 13.1. The van der Waals surface area contributed by atoms with Crippen molar-refractivity contribution in [1.29, 1.82) is 0 Å². The lowest BCUT2D eigenvalue weighted by Crippen LogP contribution is -2.65. The van der Waals surface area contributed by atoms with Gasteiger partial charge in [-0.15, -0.1) is 0 Å². The molecule has 1 amide bonds. The van der Waals surface area contributed by atoms with Gasteiger partial charge >= 0.3 is 0 Å². The molecule has 0 saturated heterocycles. The van der Waals surface area contributed by atoms with Crippen molar-refractivity contribution in [3.63, 3.8) is 0 Å². The van der Waals surface area contributed by atoms with Gasteiger partial charge in [-0.1, -0.05) is 25.4 Å². The molecule has 3 aliphatic rings. The van der Waals surface area contributed by atoms with Crippen LogP contribution in [0.2, 0.25) is 5.02 Å². The predicted molar refractivity (Wildman–Crippen MR) is 140 cm³/mol. The third-order valence-electron chi connectivity index (χ3n) is 8.11. The van der Waals surface area contributed by atoms with Crippen LogP contribution in [0.4, 0.5) is 0 Å². The number of aliphatic hydroxyl groups excluding tert-OH is 2. The summed E-state index contributed by atoms with van der Waals surface area (Å²) in [5, 5.41) is 45.1. The van der Waals surface area contributed by atoms with E-state index in [4.69, 9.17) is 17.3 Å². The van der Waals surface area contributed by atoms with Gasteiger partial charge in [-0.25, -0.2) is 0 Å². The van der Waals surface area contributed by atoms with Gasteiger partial charge in [0.1, 0.15) is 22.8 Å². The van der Waals surface area contributed by atoms with Gasteiger partial charge < -0.3 is 26.2 Å². The molecule has 4 atom stereocenters. The van der Waals surface area contributed by atoms with Crippen molar-refractivity contribution in [3.05, 3.63) is 44.7 Å². The molecule has 0 aliphatic heterocycles. The van der Waals surface area contributed by atoms with E-state index < -0.39 is 58.0 Å². The first kappa shape index (κ1) is 28.1. The number of nitrogens with two attached hydrogens (primary N) is 1. The molecular weight excluding hydrogens is 514 g/mol. The van der Waals surface area contributed by atoms with Gasteiger partial charge in [0.2, 0.25) is 5.78 Å². The third-order valence-corrected chi connectivity index (χ3v) is 8.58. The number of carbonyl (C=O) groups is 3. The van der Waals surface area contributed by atoms with Crippen LogP contribution in [0.3, 0.4) is 0 Å². The lowest BCUT2D eigenvalue weighted by molar-refractivity contribution is -0.153. The Kier molecular flexibility index (Phi) is 7.39. The quantitative estimate of drug-likeness (QED) is 0.320. The summed E-state index contributed by atoms with van der Waals surface area (Å²) >= 11 is 6.81. The number of halogens is 1. The number of aliphatic hydroxyl groups is 3. The van der Waals surface area contributed by atoms with Crippen LogP contribution in [-0.4, -0.2) is 86.5 Å². The molecule has 0 spiro atoms. The van der Waals surface area contributed by atoms with Gasteiger partial charge in [-0.05, 0) is 69.6 Å². The molecule has 10 nitrogen and oxygen atoms in total. The van der Waals surface area contributed by atoms with E-state index in [1.165, 1.54) is 11.0 Å². The summed E-state index contributed by atoms with van der Waals surface area (Å²) in [6, 6.07) is 0.334. The third kappa shape index (κ3) is 4.02. The fourth-order valence-corrected chi connectivity index (χ4v) is 6.65. The monoisotopic (exact) mass is 547 g/mol. The molecule has 38 heavy (non-hydrogen) atoms. The number of amides is 1. The van der Waals surface area contributed by atoms with Crippen LogP contribution >= 0.6 is 11.6 Å². The first-order chi connectivity index (χ1) is 17.8. The number of ketones is 2. The zero-order valence-corrected chi connectivity index (χ0v) is 22.7. The number of aromatic hydroxyl groups is 1. The van der Waals surface area contributed by atoms with Crippen LogP contribution < -0.4 is 5.73 Å². The zero-order chi connectivity index (χ0) is 28.3. The van der Waals surface area contributed by atoms with Crippen molar-refractivity contribution in [2.45, 2.75) is 51.3 Å². The van der Waals surface area contributed by atoms with E-state index in [1.807, 2.05) is 6.92 Å². The molecule has 4 rings (SSSR count). The normalized spacial score (nSPS) is 27.1. The van der Waals surface area contributed by atoms with E-state index in [0.717, 1.165) is 19.5 Å². The molecule has 1 saturated carbocycles. The summed E-state index contributed by atoms with van der Waals surface area (Å²) in [4.78, 5) is 42.7. The molecule has 206 valence electrons. The number of rotatable bonds is 7. The van der Waals surface area contributed by atoms with Gasteiger partial charge in [0.25, 0.3) is 5.91 Å². The van der Waals surface area contributed by atoms with Crippen LogP contribution in [0, 0.1) is 11.8 Å². The number of likely N-dealkylation sites (N-methyl/N-ethyl adjacent to an activating group) is 1. The number of hydrogen-bond donors (Lipinski definition) is 5. The Labute approximate surface area is 226 Å². The number of carbonyl (C=O) groups excluding carboxylic acids is 3. The summed E-state index contributed by atoms with van der Waals surface area (Å²) < 4.78 is 0. The first-order valence-electron chi connectivity index (χ1n) is 12.7. The molecule has 0 aromatic heterocycles. The molecule has 0 bridgehead atoms. The SMILES string of the molecule is CCCN(CC)Cc1cc(O)c2c(c1Cl)C[C@H]1C[C@H]3[C@H](N(C)C)C(=O)C(C(N)=O)=C(O)[C@@]3(O)C(=O)C1=C2O. The number of primary amides is 1. The number of Topliss-reactive ketones (excluding diaryl/α,β-unsaturated/α-hetero) is 2. The van der Waals surface area contributed by atoms with Crippen LogP contribution in [0.1, 0.15) is 43.4 Å². The molecule has 3 aliphatic carbocycles. The maximum absolute atomic E-state index is 13.8.